The van der Waals surface area contributed by atoms with Crippen molar-refractivity contribution in [2.75, 3.05) is 20.8 Å². The average Bonchev–Trinajstić information content (AvgIpc) is 2.73. The van der Waals surface area contributed by atoms with Crippen molar-refractivity contribution in [2.45, 2.75) is 58.2 Å². The van der Waals surface area contributed by atoms with Gasteiger partial charge < -0.3 is 33.2 Å². The molecular formula is C22H28O11. The van der Waals surface area contributed by atoms with Gasteiger partial charge in [-0.25, -0.2) is 0 Å². The van der Waals surface area contributed by atoms with Gasteiger partial charge in [-0.05, 0) is 12.1 Å². The summed E-state index contributed by atoms with van der Waals surface area (Å²) in [4.78, 5) is 47.2. The highest BCUT2D eigenvalue weighted by atomic mass is 16.7. The minimum atomic E-state index is -1.29. The Morgan fingerprint density at radius 3 is 1.70 bits per heavy atom. The van der Waals surface area contributed by atoms with Crippen LogP contribution in [0.15, 0.2) is 18.2 Å². The summed E-state index contributed by atoms with van der Waals surface area (Å²) in [5, 5.41) is 0. The van der Waals surface area contributed by atoms with E-state index < -0.39 is 54.4 Å². The Labute approximate surface area is 191 Å². The third-order valence-corrected chi connectivity index (χ3v) is 4.74. The first-order valence-electron chi connectivity index (χ1n) is 10.1. The second-order valence-corrected chi connectivity index (χ2v) is 7.20. The second-order valence-electron chi connectivity index (χ2n) is 7.20. The van der Waals surface area contributed by atoms with Crippen LogP contribution < -0.4 is 9.47 Å². The van der Waals surface area contributed by atoms with Crippen molar-refractivity contribution in [3.05, 3.63) is 23.8 Å². The maximum Gasteiger partial charge on any atom is 0.303 e. The van der Waals surface area contributed by atoms with Crippen molar-refractivity contribution in [3.63, 3.8) is 0 Å². The van der Waals surface area contributed by atoms with E-state index in [1.54, 1.807) is 18.2 Å². The first-order chi connectivity index (χ1) is 15.6. The SMILES string of the molecule is COc1cccc(OC)c1[C@@H]1O[C@H](COC(C)=O)[C@@H](OC(C)=O)[C@H](OC(C)=O)[C@H]1OC(C)=O. The Balaban J connectivity index is 2.68. The van der Waals surface area contributed by atoms with E-state index in [4.69, 9.17) is 33.2 Å². The van der Waals surface area contributed by atoms with E-state index in [1.807, 2.05) is 0 Å². The molecule has 1 heterocycles. The molecule has 2 rings (SSSR count). The number of hydrogen-bond donors (Lipinski definition) is 0. The fraction of sp³-hybridized carbons (Fsp3) is 0.545. The highest BCUT2D eigenvalue weighted by Gasteiger charge is 2.53. The van der Waals surface area contributed by atoms with E-state index >= 15 is 0 Å². The van der Waals surface area contributed by atoms with Gasteiger partial charge in [-0.15, -0.1) is 0 Å². The number of benzene rings is 1. The van der Waals surface area contributed by atoms with Crippen molar-refractivity contribution < 1.29 is 52.3 Å². The van der Waals surface area contributed by atoms with Gasteiger partial charge >= 0.3 is 23.9 Å². The molecule has 0 spiro atoms. The fourth-order valence-electron chi connectivity index (χ4n) is 3.62. The Morgan fingerprint density at radius 1 is 0.758 bits per heavy atom. The molecular weight excluding hydrogens is 440 g/mol. The maximum atomic E-state index is 12.0. The van der Waals surface area contributed by atoms with Gasteiger partial charge in [0, 0.05) is 27.7 Å². The van der Waals surface area contributed by atoms with Crippen molar-refractivity contribution in [1.29, 1.82) is 0 Å². The first kappa shape index (κ1) is 25.9. The summed E-state index contributed by atoms with van der Waals surface area (Å²) in [5.74, 6) is -2.03. The van der Waals surface area contributed by atoms with E-state index in [0.717, 1.165) is 13.8 Å². The number of ether oxygens (including phenoxy) is 7. The molecule has 0 N–H and O–H groups in total. The minimum Gasteiger partial charge on any atom is -0.496 e. The molecule has 1 aliphatic heterocycles. The van der Waals surface area contributed by atoms with Crippen LogP contribution in [0, 0.1) is 0 Å². The zero-order valence-electron chi connectivity index (χ0n) is 19.3. The van der Waals surface area contributed by atoms with E-state index in [0.29, 0.717) is 17.1 Å². The molecule has 0 aromatic heterocycles. The molecule has 5 atom stereocenters. The number of hydrogen-bond acceptors (Lipinski definition) is 11. The van der Waals surface area contributed by atoms with Gasteiger partial charge in [0.25, 0.3) is 0 Å². The molecule has 182 valence electrons. The number of rotatable bonds is 8. The smallest absolute Gasteiger partial charge is 0.303 e. The summed E-state index contributed by atoms with van der Waals surface area (Å²) in [6, 6.07) is 4.98. The highest BCUT2D eigenvalue weighted by molar-refractivity contribution is 5.69. The van der Waals surface area contributed by atoms with Crippen LogP contribution in [0.2, 0.25) is 0 Å². The van der Waals surface area contributed by atoms with Crippen LogP contribution >= 0.6 is 0 Å². The lowest BCUT2D eigenvalue weighted by atomic mass is 9.89. The number of methoxy groups -OCH3 is 2. The normalized spacial score (nSPS) is 24.2. The quantitative estimate of drug-likeness (QED) is 0.406. The lowest BCUT2D eigenvalue weighted by Crippen LogP contribution is -2.59. The van der Waals surface area contributed by atoms with Gasteiger partial charge in [0.05, 0.1) is 19.8 Å². The molecule has 0 saturated carbocycles. The van der Waals surface area contributed by atoms with Crippen molar-refractivity contribution in [2.24, 2.45) is 0 Å². The summed E-state index contributed by atoms with van der Waals surface area (Å²) in [6.07, 6.45) is -5.96. The largest absolute Gasteiger partial charge is 0.496 e. The molecule has 0 radical (unpaired) electrons. The van der Waals surface area contributed by atoms with Crippen LogP contribution in [0.1, 0.15) is 39.4 Å². The summed E-state index contributed by atoms with van der Waals surface area (Å²) in [5.41, 5.74) is 0.361. The Morgan fingerprint density at radius 2 is 1.24 bits per heavy atom. The van der Waals surface area contributed by atoms with Gasteiger partial charge in [-0.2, -0.15) is 0 Å². The molecule has 0 unspecified atom stereocenters. The summed E-state index contributed by atoms with van der Waals surface area (Å²) in [7, 11) is 2.87. The van der Waals surface area contributed by atoms with Crippen LogP contribution in [0.3, 0.4) is 0 Å². The monoisotopic (exact) mass is 468 g/mol. The molecule has 33 heavy (non-hydrogen) atoms. The molecule has 11 nitrogen and oxygen atoms in total. The Bertz CT molecular complexity index is 859. The molecule has 1 aromatic carbocycles. The fourth-order valence-corrected chi connectivity index (χ4v) is 3.62. The topological polar surface area (TPSA) is 133 Å². The van der Waals surface area contributed by atoms with Gasteiger partial charge in [0.15, 0.2) is 18.3 Å². The second kappa shape index (κ2) is 11.5. The van der Waals surface area contributed by atoms with Crippen LogP contribution in [0.5, 0.6) is 11.5 Å². The van der Waals surface area contributed by atoms with Gasteiger partial charge in [-0.1, -0.05) is 6.07 Å². The van der Waals surface area contributed by atoms with E-state index in [-0.39, 0.29) is 6.61 Å². The number of carbonyl (C=O) groups excluding carboxylic acids is 4. The molecule has 1 aliphatic rings. The molecule has 0 amide bonds. The van der Waals surface area contributed by atoms with E-state index in [9.17, 15) is 19.2 Å². The molecule has 0 bridgehead atoms. The molecule has 1 saturated heterocycles. The molecule has 0 aliphatic carbocycles. The summed E-state index contributed by atoms with van der Waals surface area (Å²) >= 11 is 0. The average molecular weight is 468 g/mol. The minimum absolute atomic E-state index is 0.328. The molecule has 11 heteroatoms. The van der Waals surface area contributed by atoms with Crippen LogP contribution in [-0.4, -0.2) is 69.1 Å². The zero-order valence-corrected chi connectivity index (χ0v) is 19.3. The van der Waals surface area contributed by atoms with Gasteiger partial charge in [0.2, 0.25) is 0 Å². The molecule has 1 aromatic rings. The lowest BCUT2D eigenvalue weighted by Gasteiger charge is -2.45. The van der Waals surface area contributed by atoms with Crippen LogP contribution in [0.25, 0.3) is 0 Å². The van der Waals surface area contributed by atoms with Gasteiger partial charge in [-0.3, -0.25) is 19.2 Å². The lowest BCUT2D eigenvalue weighted by molar-refractivity contribution is -0.254. The Kier molecular flexibility index (Phi) is 9.03. The first-order valence-corrected chi connectivity index (χ1v) is 10.1. The maximum absolute atomic E-state index is 12.0. The highest BCUT2D eigenvalue weighted by Crippen LogP contribution is 2.44. The van der Waals surface area contributed by atoms with Crippen molar-refractivity contribution >= 4 is 23.9 Å². The standard InChI is InChI=1S/C22H28O11/c1-11(23)29-10-17-19(30-12(2)24)21(31-13(3)25)22(32-14(4)26)20(33-17)18-15(27-5)8-7-9-16(18)28-6/h7-9,17,19-22H,10H2,1-6H3/t17-,19-,20+,21+,22+/m1/s1. The van der Waals surface area contributed by atoms with Gasteiger partial charge in [0.1, 0.15) is 30.3 Å². The number of carbonyl (C=O) groups is 4. The predicted molar refractivity (Wildman–Crippen MR) is 110 cm³/mol. The summed E-state index contributed by atoms with van der Waals surface area (Å²) in [6.45, 7) is 4.36. The third kappa shape index (κ3) is 6.58. The molecule has 1 fully saturated rings. The Hall–Kier alpha value is -3.34. The van der Waals surface area contributed by atoms with Crippen molar-refractivity contribution in [1.82, 2.24) is 0 Å². The van der Waals surface area contributed by atoms with Crippen LogP contribution in [0.4, 0.5) is 0 Å². The van der Waals surface area contributed by atoms with E-state index in [1.165, 1.54) is 28.1 Å². The van der Waals surface area contributed by atoms with E-state index in [2.05, 4.69) is 0 Å². The zero-order chi connectivity index (χ0) is 24.7. The van der Waals surface area contributed by atoms with Crippen molar-refractivity contribution in [3.8, 4) is 11.5 Å². The van der Waals surface area contributed by atoms with Crippen LogP contribution in [-0.2, 0) is 42.9 Å². The predicted octanol–water partition coefficient (Wildman–Crippen LogP) is 1.50. The summed E-state index contributed by atoms with van der Waals surface area (Å²) < 4.78 is 38.5. The number of esters is 4. The third-order valence-electron chi connectivity index (χ3n) is 4.74.